The first-order valence-electron chi connectivity index (χ1n) is 6.80. The Bertz CT molecular complexity index is 1020. The standard InChI is InChI=1S/C15H10N6O3/c16-5-10-11-9(2-3-17-14(11)23)13(22)12(21-10)15(24)18-6-8-1-4-19-20-7-8/h1-4,7,22H,6H2,(H,17,23)(H,18,24). The van der Waals surface area contributed by atoms with E-state index in [1.165, 1.54) is 24.7 Å². The number of rotatable bonds is 3. The van der Waals surface area contributed by atoms with Gasteiger partial charge in [-0.1, -0.05) is 0 Å². The van der Waals surface area contributed by atoms with Crippen molar-refractivity contribution in [1.29, 1.82) is 5.26 Å². The van der Waals surface area contributed by atoms with E-state index in [0.717, 1.165) is 0 Å². The highest BCUT2D eigenvalue weighted by Crippen LogP contribution is 2.26. The molecular weight excluding hydrogens is 312 g/mol. The van der Waals surface area contributed by atoms with Crippen LogP contribution in [0.5, 0.6) is 5.75 Å². The molecule has 0 radical (unpaired) electrons. The van der Waals surface area contributed by atoms with E-state index in [1.54, 1.807) is 12.1 Å². The zero-order valence-electron chi connectivity index (χ0n) is 12.1. The lowest BCUT2D eigenvalue weighted by atomic mass is 10.1. The molecule has 0 unspecified atom stereocenters. The summed E-state index contributed by atoms with van der Waals surface area (Å²) in [4.78, 5) is 30.3. The van der Waals surface area contributed by atoms with Crippen LogP contribution in [0, 0.1) is 11.3 Å². The van der Waals surface area contributed by atoms with Gasteiger partial charge in [0.15, 0.2) is 17.1 Å². The van der Waals surface area contributed by atoms with Gasteiger partial charge in [0, 0.05) is 24.3 Å². The maximum Gasteiger partial charge on any atom is 0.274 e. The molecule has 1 amide bonds. The van der Waals surface area contributed by atoms with E-state index in [4.69, 9.17) is 0 Å². The summed E-state index contributed by atoms with van der Waals surface area (Å²) in [6.07, 6.45) is 4.28. The van der Waals surface area contributed by atoms with Crippen molar-refractivity contribution in [3.8, 4) is 11.8 Å². The fraction of sp³-hybridized carbons (Fsp3) is 0.0667. The lowest BCUT2D eigenvalue weighted by Crippen LogP contribution is -2.25. The number of amides is 1. The summed E-state index contributed by atoms with van der Waals surface area (Å²) in [6, 6.07) is 4.84. The van der Waals surface area contributed by atoms with Gasteiger partial charge in [-0.15, -0.1) is 0 Å². The highest BCUT2D eigenvalue weighted by molar-refractivity contribution is 6.02. The van der Waals surface area contributed by atoms with Gasteiger partial charge in [-0.25, -0.2) is 4.98 Å². The SMILES string of the molecule is N#Cc1nc(C(=O)NCc2ccnnc2)c(O)c2cc[nH]c(=O)c12. The Kier molecular flexibility index (Phi) is 3.86. The second-order valence-corrected chi connectivity index (χ2v) is 4.80. The number of aromatic hydroxyl groups is 1. The molecule has 24 heavy (non-hydrogen) atoms. The summed E-state index contributed by atoms with van der Waals surface area (Å²) < 4.78 is 0. The molecule has 0 aliphatic carbocycles. The monoisotopic (exact) mass is 322 g/mol. The minimum absolute atomic E-state index is 0.0626. The Morgan fingerprint density at radius 3 is 2.92 bits per heavy atom. The number of H-pyrrole nitrogens is 1. The number of nitrogens with zero attached hydrogens (tertiary/aromatic N) is 4. The number of aromatic amines is 1. The summed E-state index contributed by atoms with van der Waals surface area (Å²) in [5.74, 6) is -1.14. The second-order valence-electron chi connectivity index (χ2n) is 4.80. The molecule has 118 valence electrons. The quantitative estimate of drug-likeness (QED) is 0.625. The Morgan fingerprint density at radius 2 is 2.21 bits per heavy atom. The van der Waals surface area contributed by atoms with Crippen LogP contribution in [-0.2, 0) is 6.54 Å². The predicted molar refractivity (Wildman–Crippen MR) is 81.9 cm³/mol. The second kappa shape index (κ2) is 6.13. The van der Waals surface area contributed by atoms with E-state index in [0.29, 0.717) is 5.56 Å². The number of nitrogens with one attached hydrogen (secondary N) is 2. The third kappa shape index (κ3) is 2.64. The van der Waals surface area contributed by atoms with Crippen LogP contribution in [0.25, 0.3) is 10.8 Å². The lowest BCUT2D eigenvalue weighted by Gasteiger charge is -2.09. The van der Waals surface area contributed by atoms with Crippen LogP contribution in [-0.4, -0.2) is 31.2 Å². The van der Waals surface area contributed by atoms with Gasteiger partial charge in [-0.2, -0.15) is 15.5 Å². The van der Waals surface area contributed by atoms with Gasteiger partial charge < -0.3 is 15.4 Å². The zero-order valence-corrected chi connectivity index (χ0v) is 12.1. The van der Waals surface area contributed by atoms with E-state index in [2.05, 4.69) is 25.5 Å². The molecule has 0 bridgehead atoms. The Morgan fingerprint density at radius 1 is 1.38 bits per heavy atom. The van der Waals surface area contributed by atoms with Crippen LogP contribution in [0.3, 0.4) is 0 Å². The molecule has 0 spiro atoms. The molecule has 3 aromatic rings. The summed E-state index contributed by atoms with van der Waals surface area (Å²) in [6.45, 7) is 0.144. The maximum atomic E-state index is 12.3. The van der Waals surface area contributed by atoms with E-state index >= 15 is 0 Å². The minimum Gasteiger partial charge on any atom is -0.505 e. The molecular formula is C15H10N6O3. The fourth-order valence-electron chi connectivity index (χ4n) is 2.19. The summed E-state index contributed by atoms with van der Waals surface area (Å²) in [7, 11) is 0. The van der Waals surface area contributed by atoms with Crippen molar-refractivity contribution >= 4 is 16.7 Å². The van der Waals surface area contributed by atoms with Crippen LogP contribution in [0.15, 0.2) is 35.5 Å². The molecule has 9 nitrogen and oxygen atoms in total. The van der Waals surface area contributed by atoms with E-state index in [9.17, 15) is 20.0 Å². The summed E-state index contributed by atoms with van der Waals surface area (Å²) >= 11 is 0. The molecule has 0 atom stereocenters. The van der Waals surface area contributed by atoms with Crippen LogP contribution in [0.1, 0.15) is 21.7 Å². The average Bonchev–Trinajstić information content (AvgIpc) is 2.61. The Balaban J connectivity index is 2.01. The lowest BCUT2D eigenvalue weighted by molar-refractivity contribution is 0.0943. The van der Waals surface area contributed by atoms with Crippen molar-refractivity contribution in [1.82, 2.24) is 25.5 Å². The van der Waals surface area contributed by atoms with Gasteiger partial charge in [0.05, 0.1) is 11.6 Å². The van der Waals surface area contributed by atoms with Crippen molar-refractivity contribution < 1.29 is 9.90 Å². The summed E-state index contributed by atoms with van der Waals surface area (Å²) in [5, 5.41) is 29.3. The first-order valence-corrected chi connectivity index (χ1v) is 6.80. The molecule has 0 saturated heterocycles. The Hall–Kier alpha value is -3.80. The number of hydrogen-bond acceptors (Lipinski definition) is 7. The number of nitriles is 1. The van der Waals surface area contributed by atoms with Crippen LogP contribution >= 0.6 is 0 Å². The first-order chi connectivity index (χ1) is 11.6. The van der Waals surface area contributed by atoms with Crippen molar-refractivity contribution in [2.24, 2.45) is 0 Å². The smallest absolute Gasteiger partial charge is 0.274 e. The minimum atomic E-state index is -0.678. The molecule has 0 aromatic carbocycles. The molecule has 9 heteroatoms. The third-order valence-corrected chi connectivity index (χ3v) is 3.32. The number of carbonyl (C=O) groups is 1. The predicted octanol–water partition coefficient (Wildman–Crippen LogP) is 0.220. The average molecular weight is 322 g/mol. The molecule has 3 heterocycles. The van der Waals surface area contributed by atoms with Crippen LogP contribution < -0.4 is 10.9 Å². The molecule has 0 aliphatic heterocycles. The van der Waals surface area contributed by atoms with Crippen molar-refractivity contribution in [2.45, 2.75) is 6.54 Å². The van der Waals surface area contributed by atoms with E-state index < -0.39 is 17.2 Å². The number of aromatic nitrogens is 4. The number of fused-ring (bicyclic) bond motifs is 1. The highest BCUT2D eigenvalue weighted by atomic mass is 16.3. The maximum absolute atomic E-state index is 12.3. The number of pyridine rings is 2. The zero-order chi connectivity index (χ0) is 17.1. The Labute approximate surface area is 134 Å². The first kappa shape index (κ1) is 15.1. The summed E-state index contributed by atoms with van der Waals surface area (Å²) in [5.41, 5.74) is -0.427. The molecule has 0 saturated carbocycles. The fourth-order valence-corrected chi connectivity index (χ4v) is 2.19. The van der Waals surface area contributed by atoms with Crippen LogP contribution in [0.2, 0.25) is 0 Å². The van der Waals surface area contributed by atoms with Gasteiger partial charge in [0.25, 0.3) is 11.5 Å². The van der Waals surface area contributed by atoms with E-state index in [1.807, 2.05) is 0 Å². The van der Waals surface area contributed by atoms with Gasteiger partial charge in [-0.3, -0.25) is 9.59 Å². The van der Waals surface area contributed by atoms with Crippen molar-refractivity contribution in [3.05, 3.63) is 58.0 Å². The topological polar surface area (TPSA) is 145 Å². The van der Waals surface area contributed by atoms with Crippen molar-refractivity contribution in [2.75, 3.05) is 0 Å². The highest BCUT2D eigenvalue weighted by Gasteiger charge is 2.20. The van der Waals surface area contributed by atoms with Crippen molar-refractivity contribution in [3.63, 3.8) is 0 Å². The molecule has 3 N–H and O–H groups in total. The molecule has 0 aliphatic rings. The third-order valence-electron chi connectivity index (χ3n) is 3.32. The molecule has 0 fully saturated rings. The van der Waals surface area contributed by atoms with Gasteiger partial charge in [-0.05, 0) is 17.7 Å². The molecule has 3 rings (SSSR count). The molecule has 3 aromatic heterocycles. The number of hydrogen-bond donors (Lipinski definition) is 3. The van der Waals surface area contributed by atoms with E-state index in [-0.39, 0.29) is 28.7 Å². The van der Waals surface area contributed by atoms with Crippen LogP contribution in [0.4, 0.5) is 0 Å². The van der Waals surface area contributed by atoms with Gasteiger partial charge in [0.2, 0.25) is 0 Å². The largest absolute Gasteiger partial charge is 0.505 e. The normalized spacial score (nSPS) is 10.3. The van der Waals surface area contributed by atoms with Gasteiger partial charge in [0.1, 0.15) is 6.07 Å². The van der Waals surface area contributed by atoms with Gasteiger partial charge >= 0.3 is 0 Å². The number of carbonyl (C=O) groups excluding carboxylic acids is 1.